The number of para-hydroxylation sites is 1. The van der Waals surface area contributed by atoms with Crippen molar-refractivity contribution in [1.82, 2.24) is 0 Å². The molecule has 0 unspecified atom stereocenters. The zero-order valence-electron chi connectivity index (χ0n) is 8.97. The highest BCUT2D eigenvalue weighted by atomic mass is 16.6. The minimum Gasteiger partial charge on any atom is -0.461 e. The molecule has 0 aliphatic carbocycles. The van der Waals surface area contributed by atoms with Crippen molar-refractivity contribution >= 4 is 11.0 Å². The molecule has 0 aliphatic heterocycles. The molecule has 5 heteroatoms. The van der Waals surface area contributed by atoms with Crippen LogP contribution in [0.1, 0.15) is 5.76 Å². The minimum absolute atomic E-state index is 0.0225. The largest absolute Gasteiger partial charge is 0.461 e. The van der Waals surface area contributed by atoms with Crippen molar-refractivity contribution in [2.75, 3.05) is 7.05 Å². The van der Waals surface area contributed by atoms with Crippen molar-refractivity contribution in [1.29, 1.82) is 0 Å². The highest BCUT2D eigenvalue weighted by molar-refractivity contribution is 5.75. The van der Waals surface area contributed by atoms with Crippen LogP contribution in [0.15, 0.2) is 39.5 Å². The van der Waals surface area contributed by atoms with Crippen LogP contribution in [-0.2, 0) is 0 Å². The molecule has 2 aromatic rings. The average Bonchev–Trinajstić information content (AvgIpc) is 2.16. The van der Waals surface area contributed by atoms with Gasteiger partial charge in [-0.25, -0.2) is 0 Å². The first kappa shape index (κ1) is 11.9. The van der Waals surface area contributed by atoms with Gasteiger partial charge in [-0.1, -0.05) is 12.1 Å². The molecule has 1 heterocycles. The van der Waals surface area contributed by atoms with E-state index in [9.17, 15) is 4.79 Å². The summed E-state index contributed by atoms with van der Waals surface area (Å²) in [7, 11) is 0.889. The lowest BCUT2D eigenvalue weighted by Crippen LogP contribution is -1.99. The maximum absolute atomic E-state index is 11.3. The molecular formula is C11H11NO4. The number of rotatable bonds is 0. The third kappa shape index (κ3) is 3.20. The van der Waals surface area contributed by atoms with E-state index in [-0.39, 0.29) is 5.43 Å². The monoisotopic (exact) mass is 221 g/mol. The third-order valence-electron chi connectivity index (χ3n) is 1.76. The Morgan fingerprint density at radius 3 is 2.50 bits per heavy atom. The third-order valence-corrected chi connectivity index (χ3v) is 1.76. The van der Waals surface area contributed by atoms with Crippen molar-refractivity contribution in [2.24, 2.45) is 0 Å². The van der Waals surface area contributed by atoms with Crippen molar-refractivity contribution in [3.63, 3.8) is 0 Å². The SMILES string of the molecule is C[N+](=O)[O-].Cc1cc(=O)c2ccccc2o1. The zero-order valence-corrected chi connectivity index (χ0v) is 8.97. The van der Waals surface area contributed by atoms with E-state index in [1.54, 1.807) is 19.1 Å². The quantitative estimate of drug-likeness (QED) is 0.503. The molecular weight excluding hydrogens is 210 g/mol. The lowest BCUT2D eigenvalue weighted by atomic mass is 10.2. The van der Waals surface area contributed by atoms with Gasteiger partial charge in [-0.15, -0.1) is 0 Å². The van der Waals surface area contributed by atoms with Crippen LogP contribution in [0.25, 0.3) is 11.0 Å². The Morgan fingerprint density at radius 2 is 1.88 bits per heavy atom. The number of benzene rings is 1. The van der Waals surface area contributed by atoms with Crippen LogP contribution in [-0.4, -0.2) is 12.0 Å². The lowest BCUT2D eigenvalue weighted by Gasteiger charge is -1.96. The molecule has 0 saturated heterocycles. The van der Waals surface area contributed by atoms with Gasteiger partial charge in [0.15, 0.2) is 12.5 Å². The summed E-state index contributed by atoms with van der Waals surface area (Å²) in [4.78, 5) is 19.6. The van der Waals surface area contributed by atoms with Crippen molar-refractivity contribution < 1.29 is 9.34 Å². The average molecular weight is 221 g/mol. The van der Waals surface area contributed by atoms with Gasteiger partial charge in [0, 0.05) is 11.0 Å². The number of fused-ring (bicyclic) bond motifs is 1. The van der Waals surface area contributed by atoms with Crippen LogP contribution in [0, 0.1) is 17.0 Å². The molecule has 0 atom stereocenters. The molecule has 16 heavy (non-hydrogen) atoms. The molecule has 0 aliphatic rings. The first-order valence-electron chi connectivity index (χ1n) is 4.58. The molecule has 0 N–H and O–H groups in total. The van der Waals surface area contributed by atoms with Gasteiger partial charge >= 0.3 is 0 Å². The van der Waals surface area contributed by atoms with Crippen LogP contribution in [0.2, 0.25) is 0 Å². The Morgan fingerprint density at radius 1 is 1.31 bits per heavy atom. The van der Waals surface area contributed by atoms with Crippen LogP contribution in [0.4, 0.5) is 0 Å². The molecule has 0 radical (unpaired) electrons. The second kappa shape index (κ2) is 5.06. The van der Waals surface area contributed by atoms with Gasteiger partial charge in [0.2, 0.25) is 0 Å². The normalized spacial score (nSPS) is 9.38. The molecule has 1 aromatic carbocycles. The molecule has 84 valence electrons. The first-order valence-corrected chi connectivity index (χ1v) is 4.58. The number of hydrogen-bond acceptors (Lipinski definition) is 4. The van der Waals surface area contributed by atoms with Crippen molar-refractivity contribution in [3.05, 3.63) is 56.4 Å². The summed E-state index contributed by atoms with van der Waals surface area (Å²) >= 11 is 0. The molecule has 0 bridgehead atoms. The zero-order chi connectivity index (χ0) is 12.1. The van der Waals surface area contributed by atoms with E-state index in [4.69, 9.17) is 14.5 Å². The maximum Gasteiger partial charge on any atom is 0.194 e. The molecule has 0 saturated carbocycles. The van der Waals surface area contributed by atoms with E-state index in [2.05, 4.69) is 0 Å². The van der Waals surface area contributed by atoms with Crippen LogP contribution in [0.3, 0.4) is 0 Å². The van der Waals surface area contributed by atoms with Gasteiger partial charge in [-0.05, 0) is 19.1 Å². The highest BCUT2D eigenvalue weighted by Crippen LogP contribution is 2.10. The van der Waals surface area contributed by atoms with Crippen LogP contribution >= 0.6 is 0 Å². The fourth-order valence-electron chi connectivity index (χ4n) is 1.22. The molecule has 1 aromatic heterocycles. The van der Waals surface area contributed by atoms with E-state index in [1.807, 2.05) is 12.1 Å². The predicted octanol–water partition coefficient (Wildman–Crippen LogP) is 1.99. The van der Waals surface area contributed by atoms with E-state index in [0.717, 1.165) is 7.05 Å². The summed E-state index contributed by atoms with van der Waals surface area (Å²) in [6.07, 6.45) is 0. The molecule has 2 rings (SSSR count). The smallest absolute Gasteiger partial charge is 0.194 e. The summed E-state index contributed by atoms with van der Waals surface area (Å²) < 4.78 is 5.34. The Hall–Kier alpha value is -2.17. The Labute approximate surface area is 91.5 Å². The number of aryl methyl sites for hydroxylation is 1. The minimum atomic E-state index is -0.500. The summed E-state index contributed by atoms with van der Waals surface area (Å²) in [5.74, 6) is 0.652. The number of nitro groups is 1. The standard InChI is InChI=1S/C10H8O2.CH3NO2/c1-7-6-9(11)8-4-2-3-5-10(8)12-7;1-2(3)4/h2-6H,1H3;1H3. The summed E-state index contributed by atoms with van der Waals surface area (Å²) in [5, 5.41) is 9.45. The number of nitrogens with zero attached hydrogens (tertiary/aromatic N) is 1. The Kier molecular flexibility index (Phi) is 3.77. The predicted molar refractivity (Wildman–Crippen MR) is 60.1 cm³/mol. The van der Waals surface area contributed by atoms with Gasteiger partial charge in [0.1, 0.15) is 11.3 Å². The van der Waals surface area contributed by atoms with Gasteiger partial charge in [0.25, 0.3) is 0 Å². The summed E-state index contributed by atoms with van der Waals surface area (Å²) in [6, 6.07) is 8.74. The van der Waals surface area contributed by atoms with Crippen LogP contribution < -0.4 is 5.43 Å². The second-order valence-electron chi connectivity index (χ2n) is 3.16. The van der Waals surface area contributed by atoms with Crippen molar-refractivity contribution in [3.8, 4) is 0 Å². The lowest BCUT2D eigenvalue weighted by molar-refractivity contribution is -0.445. The maximum atomic E-state index is 11.3. The molecule has 0 spiro atoms. The summed E-state index contributed by atoms with van der Waals surface area (Å²) in [6.45, 7) is 1.77. The Bertz CT molecular complexity index is 555. The van der Waals surface area contributed by atoms with Gasteiger partial charge < -0.3 is 4.42 Å². The van der Waals surface area contributed by atoms with Crippen molar-refractivity contribution in [2.45, 2.75) is 6.92 Å². The first-order chi connectivity index (χ1) is 7.50. The van der Waals surface area contributed by atoms with Crippen LogP contribution in [0.5, 0.6) is 0 Å². The van der Waals surface area contributed by atoms with E-state index >= 15 is 0 Å². The van der Waals surface area contributed by atoms with E-state index < -0.39 is 4.92 Å². The Balaban J connectivity index is 0.000000280. The molecule has 0 amide bonds. The van der Waals surface area contributed by atoms with Gasteiger partial charge in [-0.3, -0.25) is 14.9 Å². The second-order valence-corrected chi connectivity index (χ2v) is 3.16. The fraction of sp³-hybridized carbons (Fsp3) is 0.182. The van der Waals surface area contributed by atoms with E-state index in [0.29, 0.717) is 16.7 Å². The fourth-order valence-corrected chi connectivity index (χ4v) is 1.22. The van der Waals surface area contributed by atoms with Gasteiger partial charge in [0.05, 0.1) is 5.39 Å². The topological polar surface area (TPSA) is 73.3 Å². The van der Waals surface area contributed by atoms with Gasteiger partial charge in [-0.2, -0.15) is 0 Å². The highest BCUT2D eigenvalue weighted by Gasteiger charge is 1.98. The summed E-state index contributed by atoms with van der Waals surface area (Å²) in [5.41, 5.74) is 0.678. The van der Waals surface area contributed by atoms with E-state index in [1.165, 1.54) is 6.07 Å². The molecule has 5 nitrogen and oxygen atoms in total. The number of hydrogen-bond donors (Lipinski definition) is 0. The molecule has 0 fully saturated rings.